The Bertz CT molecular complexity index is 1570. The maximum atomic E-state index is 13.2. The molecule has 0 atom stereocenters. The summed E-state index contributed by atoms with van der Waals surface area (Å²) in [5.74, 6) is -0.765. The second-order valence-electron chi connectivity index (χ2n) is 7.75. The van der Waals surface area contributed by atoms with E-state index in [4.69, 9.17) is 9.47 Å². The van der Waals surface area contributed by atoms with Crippen LogP contribution in [0.15, 0.2) is 97.2 Å². The Balaban J connectivity index is 1.39. The number of nitrogens with zero attached hydrogens (tertiary/aromatic N) is 1. The van der Waals surface area contributed by atoms with Gasteiger partial charge in [0.05, 0.1) is 18.5 Å². The summed E-state index contributed by atoms with van der Waals surface area (Å²) in [7, 11) is 1.31. The van der Waals surface area contributed by atoms with Crippen LogP contribution in [0.2, 0.25) is 0 Å². The van der Waals surface area contributed by atoms with E-state index < -0.39 is 17.7 Å². The van der Waals surface area contributed by atoms with Crippen LogP contribution in [-0.2, 0) is 9.53 Å². The van der Waals surface area contributed by atoms with Gasteiger partial charge in [-0.25, -0.2) is 4.79 Å². The molecule has 0 aliphatic rings. The third kappa shape index (κ3) is 4.49. The first-order chi connectivity index (χ1) is 17.5. The molecule has 0 aliphatic carbocycles. The number of hydrogen-bond donors (Lipinski definition) is 1. The van der Waals surface area contributed by atoms with Gasteiger partial charge >= 0.3 is 5.97 Å². The Hall–Kier alpha value is -4.69. The Morgan fingerprint density at radius 3 is 2.25 bits per heavy atom. The number of benzene rings is 3. The van der Waals surface area contributed by atoms with E-state index in [9.17, 15) is 14.4 Å². The highest BCUT2D eigenvalue weighted by Crippen LogP contribution is 2.35. The van der Waals surface area contributed by atoms with E-state index >= 15 is 0 Å². The number of anilines is 1. The van der Waals surface area contributed by atoms with Crippen LogP contribution < -0.4 is 10.1 Å². The molecule has 0 fully saturated rings. The fraction of sp³-hybridized carbons (Fsp3) is 0.0357. The van der Waals surface area contributed by atoms with Gasteiger partial charge in [-0.1, -0.05) is 36.4 Å². The zero-order valence-corrected chi connectivity index (χ0v) is 20.0. The summed E-state index contributed by atoms with van der Waals surface area (Å²) in [4.78, 5) is 38.8. The van der Waals surface area contributed by atoms with Crippen molar-refractivity contribution < 1.29 is 23.9 Å². The fourth-order valence-corrected chi connectivity index (χ4v) is 4.91. The second kappa shape index (κ2) is 9.89. The first-order valence-corrected chi connectivity index (χ1v) is 11.8. The molecule has 1 N–H and O–H groups in total. The molecule has 178 valence electrons. The molecule has 5 aromatic rings. The van der Waals surface area contributed by atoms with Crippen molar-refractivity contribution >= 4 is 44.8 Å². The van der Waals surface area contributed by atoms with E-state index in [0.717, 1.165) is 10.1 Å². The number of hydrogen-bond acceptors (Lipinski definition) is 6. The number of rotatable bonds is 7. The molecule has 2 heterocycles. The van der Waals surface area contributed by atoms with E-state index in [0.29, 0.717) is 27.8 Å². The number of para-hydroxylation sites is 1. The molecule has 3 aromatic carbocycles. The average molecular weight is 497 g/mol. The van der Waals surface area contributed by atoms with Crippen LogP contribution in [0.25, 0.3) is 15.8 Å². The van der Waals surface area contributed by atoms with Crippen LogP contribution in [0.4, 0.5) is 5.69 Å². The highest BCUT2D eigenvalue weighted by molar-refractivity contribution is 7.21. The van der Waals surface area contributed by atoms with Crippen LogP contribution in [0.1, 0.15) is 20.2 Å². The quantitative estimate of drug-likeness (QED) is 0.167. The first-order valence-electron chi connectivity index (χ1n) is 11.0. The molecule has 0 aliphatic heterocycles. The lowest BCUT2D eigenvalue weighted by Gasteiger charge is -2.11. The van der Waals surface area contributed by atoms with Gasteiger partial charge in [-0.05, 0) is 54.6 Å². The number of esters is 1. The molecule has 0 bridgehead atoms. The van der Waals surface area contributed by atoms with E-state index in [1.165, 1.54) is 18.4 Å². The Kier molecular flexibility index (Phi) is 6.34. The molecular weight excluding hydrogens is 476 g/mol. The normalized spacial score (nSPS) is 10.7. The Morgan fingerprint density at radius 2 is 1.50 bits per heavy atom. The summed E-state index contributed by atoms with van der Waals surface area (Å²) in [6.45, 7) is 0. The average Bonchev–Trinajstić information content (AvgIpc) is 3.54. The van der Waals surface area contributed by atoms with Crippen LogP contribution in [-0.4, -0.2) is 29.3 Å². The Morgan fingerprint density at radius 1 is 0.806 bits per heavy atom. The summed E-state index contributed by atoms with van der Waals surface area (Å²) < 4.78 is 13.1. The molecule has 0 radical (unpaired) electrons. The Labute approximate surface area is 210 Å². The number of ketones is 1. The molecule has 1 amide bonds. The standard InChI is InChI=1S/C28H20N2O5S/c1-34-28(33)26-24(21-10-5-6-12-23(21)36-26)30-17-7-11-22(30)25(31)27(32)29-18-13-15-20(16-14-18)35-19-8-3-2-4-9-19/h2-17H,1H3,(H,29,32). The minimum atomic E-state index is -0.800. The number of carbonyl (C=O) groups is 3. The summed E-state index contributed by atoms with van der Waals surface area (Å²) >= 11 is 1.27. The summed E-state index contributed by atoms with van der Waals surface area (Å²) in [5, 5.41) is 3.41. The van der Waals surface area contributed by atoms with E-state index in [1.807, 2.05) is 54.6 Å². The topological polar surface area (TPSA) is 86.6 Å². The van der Waals surface area contributed by atoms with Crippen LogP contribution in [0, 0.1) is 0 Å². The zero-order valence-electron chi connectivity index (χ0n) is 19.1. The maximum absolute atomic E-state index is 13.2. The largest absolute Gasteiger partial charge is 0.465 e. The highest BCUT2D eigenvalue weighted by atomic mass is 32.1. The van der Waals surface area contributed by atoms with E-state index in [-0.39, 0.29) is 5.69 Å². The molecule has 8 heteroatoms. The molecule has 36 heavy (non-hydrogen) atoms. The van der Waals surface area contributed by atoms with E-state index in [2.05, 4.69) is 5.32 Å². The second-order valence-corrected chi connectivity index (χ2v) is 8.81. The van der Waals surface area contributed by atoms with Crippen molar-refractivity contribution in [1.29, 1.82) is 0 Å². The van der Waals surface area contributed by atoms with Crippen molar-refractivity contribution in [1.82, 2.24) is 4.57 Å². The summed E-state index contributed by atoms with van der Waals surface area (Å²) in [6.07, 6.45) is 1.65. The van der Waals surface area contributed by atoms with Gasteiger partial charge in [0.2, 0.25) is 0 Å². The van der Waals surface area contributed by atoms with Crippen molar-refractivity contribution in [2.45, 2.75) is 0 Å². The minimum absolute atomic E-state index is 0.130. The predicted octanol–water partition coefficient (Wildman–Crippen LogP) is 6.09. The van der Waals surface area contributed by atoms with Crippen molar-refractivity contribution in [2.75, 3.05) is 12.4 Å². The number of ether oxygens (including phenoxy) is 2. The van der Waals surface area contributed by atoms with Gasteiger partial charge in [-0.15, -0.1) is 11.3 Å². The lowest BCUT2D eigenvalue weighted by Crippen LogP contribution is -2.25. The van der Waals surface area contributed by atoms with Crippen LogP contribution in [0.3, 0.4) is 0 Å². The molecule has 0 spiro atoms. The first kappa shape index (κ1) is 23.1. The summed E-state index contributed by atoms with van der Waals surface area (Å²) in [5.41, 5.74) is 1.08. The monoisotopic (exact) mass is 496 g/mol. The lowest BCUT2D eigenvalue weighted by molar-refractivity contribution is -0.112. The third-order valence-electron chi connectivity index (χ3n) is 5.46. The maximum Gasteiger partial charge on any atom is 0.350 e. The number of thiophene rings is 1. The number of Topliss-reactive ketones (excluding diaryl/α,β-unsaturated/α-hetero) is 1. The zero-order chi connectivity index (χ0) is 25.1. The van der Waals surface area contributed by atoms with Crippen LogP contribution >= 0.6 is 11.3 Å². The third-order valence-corrected chi connectivity index (χ3v) is 6.60. The minimum Gasteiger partial charge on any atom is -0.465 e. The predicted molar refractivity (Wildman–Crippen MR) is 138 cm³/mol. The smallest absolute Gasteiger partial charge is 0.350 e. The number of aromatic nitrogens is 1. The highest BCUT2D eigenvalue weighted by Gasteiger charge is 2.26. The van der Waals surface area contributed by atoms with Crippen molar-refractivity contribution in [2.24, 2.45) is 0 Å². The van der Waals surface area contributed by atoms with E-state index in [1.54, 1.807) is 47.2 Å². The molecule has 5 rings (SSSR count). The van der Waals surface area contributed by atoms with Gasteiger partial charge in [0.1, 0.15) is 16.4 Å². The molecule has 0 saturated heterocycles. The van der Waals surface area contributed by atoms with Crippen molar-refractivity contribution in [3.05, 3.63) is 108 Å². The van der Waals surface area contributed by atoms with Gasteiger partial charge in [-0.3, -0.25) is 9.59 Å². The number of fused-ring (bicyclic) bond motifs is 1. The molecule has 0 saturated carbocycles. The van der Waals surface area contributed by atoms with Gasteiger partial charge in [0.25, 0.3) is 11.7 Å². The molecule has 0 unspecified atom stereocenters. The van der Waals surface area contributed by atoms with Crippen LogP contribution in [0.5, 0.6) is 11.5 Å². The molecule has 7 nitrogen and oxygen atoms in total. The SMILES string of the molecule is COC(=O)c1sc2ccccc2c1-n1cccc1C(=O)C(=O)Nc1ccc(Oc2ccccc2)cc1. The van der Waals surface area contributed by atoms with Gasteiger partial charge in [0.15, 0.2) is 0 Å². The van der Waals surface area contributed by atoms with Crippen molar-refractivity contribution in [3.63, 3.8) is 0 Å². The number of carbonyl (C=O) groups excluding carboxylic acids is 3. The number of amides is 1. The number of methoxy groups -OCH3 is 1. The number of nitrogens with one attached hydrogen (secondary N) is 1. The van der Waals surface area contributed by atoms with Gasteiger partial charge in [0, 0.05) is 22.0 Å². The lowest BCUT2D eigenvalue weighted by atomic mass is 10.2. The molecular formula is C28H20N2O5S. The van der Waals surface area contributed by atoms with Gasteiger partial charge < -0.3 is 19.4 Å². The van der Waals surface area contributed by atoms with Crippen molar-refractivity contribution in [3.8, 4) is 17.2 Å². The summed E-state index contributed by atoms with van der Waals surface area (Å²) in [6, 6.07) is 26.7. The molecule has 2 aromatic heterocycles. The fourth-order valence-electron chi connectivity index (χ4n) is 3.80. The van der Waals surface area contributed by atoms with Gasteiger partial charge in [-0.2, -0.15) is 0 Å².